The Morgan fingerprint density at radius 1 is 1.07 bits per heavy atom. The predicted molar refractivity (Wildman–Crippen MR) is 101 cm³/mol. The standard InChI is InChI=1S/C18H28N2O6S/c1-4-13-26-18(21)7-8-19-9-11-20(12-10-19)27(22,23)15-5-6-16(24-2)17(14-15)25-3/h5-6,14H,4,7-13H2,1-3H3. The molecule has 8 nitrogen and oxygen atoms in total. The van der Waals surface area contributed by atoms with Crippen molar-refractivity contribution in [3.63, 3.8) is 0 Å². The molecule has 0 atom stereocenters. The van der Waals surface area contributed by atoms with Crippen LogP contribution in [0.3, 0.4) is 0 Å². The molecule has 27 heavy (non-hydrogen) atoms. The van der Waals surface area contributed by atoms with E-state index in [-0.39, 0.29) is 10.9 Å². The SMILES string of the molecule is CCCOC(=O)CCN1CCN(S(=O)(=O)c2ccc(OC)c(OC)c2)CC1. The Bertz CT molecular complexity index is 729. The van der Waals surface area contributed by atoms with E-state index >= 15 is 0 Å². The number of ether oxygens (including phenoxy) is 3. The van der Waals surface area contributed by atoms with Crippen molar-refractivity contribution in [1.82, 2.24) is 9.21 Å². The van der Waals surface area contributed by atoms with E-state index in [2.05, 4.69) is 4.90 Å². The van der Waals surface area contributed by atoms with Crippen molar-refractivity contribution in [3.05, 3.63) is 18.2 Å². The first-order valence-corrected chi connectivity index (χ1v) is 10.5. The second kappa shape index (κ2) is 9.91. The van der Waals surface area contributed by atoms with Crippen molar-refractivity contribution in [2.75, 3.05) is 53.6 Å². The lowest BCUT2D eigenvalue weighted by atomic mass is 10.3. The Balaban J connectivity index is 1.93. The van der Waals surface area contributed by atoms with Crippen molar-refractivity contribution in [3.8, 4) is 11.5 Å². The van der Waals surface area contributed by atoms with E-state index in [0.29, 0.717) is 57.3 Å². The fourth-order valence-corrected chi connectivity index (χ4v) is 4.30. The molecule has 0 amide bonds. The Morgan fingerprint density at radius 2 is 1.74 bits per heavy atom. The number of nitrogens with zero attached hydrogens (tertiary/aromatic N) is 2. The fraction of sp³-hybridized carbons (Fsp3) is 0.611. The smallest absolute Gasteiger partial charge is 0.307 e. The number of carbonyl (C=O) groups is 1. The minimum atomic E-state index is -3.61. The van der Waals surface area contributed by atoms with Gasteiger partial charge in [0, 0.05) is 38.8 Å². The number of esters is 1. The molecular weight excluding hydrogens is 372 g/mol. The van der Waals surface area contributed by atoms with Gasteiger partial charge in [0.1, 0.15) is 0 Å². The van der Waals surface area contributed by atoms with Crippen molar-refractivity contribution >= 4 is 16.0 Å². The van der Waals surface area contributed by atoms with E-state index in [1.165, 1.54) is 30.7 Å². The minimum absolute atomic E-state index is 0.178. The zero-order valence-electron chi connectivity index (χ0n) is 16.1. The van der Waals surface area contributed by atoms with Crippen LogP contribution >= 0.6 is 0 Å². The molecule has 1 aromatic carbocycles. The normalized spacial score (nSPS) is 16.1. The maximum atomic E-state index is 12.9. The molecule has 1 aliphatic heterocycles. The van der Waals surface area contributed by atoms with Gasteiger partial charge in [0.15, 0.2) is 11.5 Å². The molecule has 0 saturated carbocycles. The van der Waals surface area contributed by atoms with Crippen molar-refractivity contribution < 1.29 is 27.4 Å². The van der Waals surface area contributed by atoms with Crippen LogP contribution in [0.15, 0.2) is 23.1 Å². The number of sulfonamides is 1. The van der Waals surface area contributed by atoms with Gasteiger partial charge in [0.05, 0.1) is 32.1 Å². The topological polar surface area (TPSA) is 85.4 Å². The van der Waals surface area contributed by atoms with Gasteiger partial charge in [0.25, 0.3) is 0 Å². The molecule has 1 aliphatic rings. The number of methoxy groups -OCH3 is 2. The molecule has 1 heterocycles. The molecule has 1 saturated heterocycles. The number of rotatable bonds is 9. The second-order valence-electron chi connectivity index (χ2n) is 6.23. The van der Waals surface area contributed by atoms with Crippen LogP contribution < -0.4 is 9.47 Å². The van der Waals surface area contributed by atoms with Crippen LogP contribution in [0.2, 0.25) is 0 Å². The molecule has 1 fully saturated rings. The third kappa shape index (κ3) is 5.57. The number of carbonyl (C=O) groups excluding carboxylic acids is 1. The molecule has 0 radical (unpaired) electrons. The molecule has 152 valence electrons. The average Bonchev–Trinajstić information content (AvgIpc) is 2.70. The molecule has 1 aromatic rings. The summed E-state index contributed by atoms with van der Waals surface area (Å²) in [7, 11) is -0.633. The van der Waals surface area contributed by atoms with E-state index in [4.69, 9.17) is 14.2 Å². The largest absolute Gasteiger partial charge is 0.493 e. The van der Waals surface area contributed by atoms with E-state index in [9.17, 15) is 13.2 Å². The molecule has 2 rings (SSSR count). The minimum Gasteiger partial charge on any atom is -0.493 e. The van der Waals surface area contributed by atoms with Gasteiger partial charge < -0.3 is 19.1 Å². The van der Waals surface area contributed by atoms with Crippen LogP contribution in [-0.2, 0) is 19.6 Å². The summed E-state index contributed by atoms with van der Waals surface area (Å²) in [6, 6.07) is 4.58. The Labute approximate surface area is 161 Å². The summed E-state index contributed by atoms with van der Waals surface area (Å²) in [5.74, 6) is 0.649. The van der Waals surface area contributed by atoms with Crippen LogP contribution in [0, 0.1) is 0 Å². The van der Waals surface area contributed by atoms with Crippen LogP contribution in [-0.4, -0.2) is 77.1 Å². The lowest BCUT2D eigenvalue weighted by Gasteiger charge is -2.33. The maximum absolute atomic E-state index is 12.9. The molecule has 0 spiro atoms. The van der Waals surface area contributed by atoms with Crippen LogP contribution in [0.1, 0.15) is 19.8 Å². The summed E-state index contributed by atoms with van der Waals surface area (Å²) in [6.07, 6.45) is 1.13. The van der Waals surface area contributed by atoms with Crippen LogP contribution in [0.25, 0.3) is 0 Å². The van der Waals surface area contributed by atoms with E-state index in [1.807, 2.05) is 6.92 Å². The summed E-state index contributed by atoms with van der Waals surface area (Å²) < 4.78 is 42.6. The molecule has 0 aliphatic carbocycles. The van der Waals surface area contributed by atoms with Crippen molar-refractivity contribution in [1.29, 1.82) is 0 Å². The first-order valence-electron chi connectivity index (χ1n) is 9.02. The zero-order chi connectivity index (χ0) is 19.9. The van der Waals surface area contributed by atoms with Crippen molar-refractivity contribution in [2.45, 2.75) is 24.7 Å². The molecule has 0 aromatic heterocycles. The quantitative estimate of drug-likeness (QED) is 0.579. The highest BCUT2D eigenvalue weighted by Gasteiger charge is 2.29. The number of hydrogen-bond donors (Lipinski definition) is 0. The van der Waals surface area contributed by atoms with Gasteiger partial charge in [-0.25, -0.2) is 8.42 Å². The monoisotopic (exact) mass is 400 g/mol. The summed E-state index contributed by atoms with van der Waals surface area (Å²) in [5, 5.41) is 0. The Kier molecular flexibility index (Phi) is 7.88. The Morgan fingerprint density at radius 3 is 2.33 bits per heavy atom. The molecular formula is C18H28N2O6S. The van der Waals surface area contributed by atoms with Gasteiger partial charge in [-0.05, 0) is 18.6 Å². The third-order valence-corrected chi connectivity index (χ3v) is 6.32. The summed E-state index contributed by atoms with van der Waals surface area (Å²) in [5.41, 5.74) is 0. The van der Waals surface area contributed by atoms with Crippen LogP contribution in [0.5, 0.6) is 11.5 Å². The number of hydrogen-bond acceptors (Lipinski definition) is 7. The van der Waals surface area contributed by atoms with E-state index in [0.717, 1.165) is 6.42 Å². The molecule has 9 heteroatoms. The summed E-state index contributed by atoms with van der Waals surface area (Å²) in [4.78, 5) is 13.8. The second-order valence-corrected chi connectivity index (χ2v) is 8.17. The highest BCUT2D eigenvalue weighted by atomic mass is 32.2. The third-order valence-electron chi connectivity index (χ3n) is 4.42. The lowest BCUT2D eigenvalue weighted by molar-refractivity contribution is -0.144. The van der Waals surface area contributed by atoms with Gasteiger partial charge >= 0.3 is 5.97 Å². The highest BCUT2D eigenvalue weighted by Crippen LogP contribution is 2.30. The van der Waals surface area contributed by atoms with Gasteiger partial charge in [-0.15, -0.1) is 0 Å². The van der Waals surface area contributed by atoms with Gasteiger partial charge in [0.2, 0.25) is 10.0 Å². The first-order chi connectivity index (χ1) is 12.9. The molecule has 0 unspecified atom stereocenters. The lowest BCUT2D eigenvalue weighted by Crippen LogP contribution is -2.49. The van der Waals surface area contributed by atoms with E-state index < -0.39 is 10.0 Å². The Hall–Kier alpha value is -1.84. The van der Waals surface area contributed by atoms with Crippen LogP contribution in [0.4, 0.5) is 0 Å². The van der Waals surface area contributed by atoms with Gasteiger partial charge in [-0.2, -0.15) is 4.31 Å². The number of benzene rings is 1. The fourth-order valence-electron chi connectivity index (χ4n) is 2.86. The first kappa shape index (κ1) is 21.5. The zero-order valence-corrected chi connectivity index (χ0v) is 17.0. The summed E-state index contributed by atoms with van der Waals surface area (Å²) >= 11 is 0. The number of piperazine rings is 1. The summed E-state index contributed by atoms with van der Waals surface area (Å²) in [6.45, 7) is 4.87. The van der Waals surface area contributed by atoms with E-state index in [1.54, 1.807) is 6.07 Å². The maximum Gasteiger partial charge on any atom is 0.307 e. The average molecular weight is 400 g/mol. The van der Waals surface area contributed by atoms with Gasteiger partial charge in [-0.1, -0.05) is 6.92 Å². The molecule has 0 N–H and O–H groups in total. The van der Waals surface area contributed by atoms with Gasteiger partial charge in [-0.3, -0.25) is 4.79 Å². The van der Waals surface area contributed by atoms with Crippen molar-refractivity contribution in [2.24, 2.45) is 0 Å². The molecule has 0 bridgehead atoms. The predicted octanol–water partition coefficient (Wildman–Crippen LogP) is 1.35. The highest BCUT2D eigenvalue weighted by molar-refractivity contribution is 7.89.